The lowest BCUT2D eigenvalue weighted by molar-refractivity contribution is -0.123. The van der Waals surface area contributed by atoms with E-state index in [4.69, 9.17) is 19.2 Å². The van der Waals surface area contributed by atoms with E-state index in [1.807, 2.05) is 61.5 Å². The minimum Gasteiger partial charge on any atom is -0.496 e. The van der Waals surface area contributed by atoms with Gasteiger partial charge in [-0.1, -0.05) is 30.3 Å². The maximum Gasteiger partial charge on any atom is 0.258 e. The summed E-state index contributed by atoms with van der Waals surface area (Å²) in [5, 5.41) is 7.17. The lowest BCUT2D eigenvalue weighted by Crippen LogP contribution is -2.45. The number of ether oxygens (including phenoxy) is 3. The van der Waals surface area contributed by atoms with Gasteiger partial charge >= 0.3 is 0 Å². The number of aromatic nitrogens is 2. The molecule has 3 aliphatic heterocycles. The summed E-state index contributed by atoms with van der Waals surface area (Å²) in [6.45, 7) is 3.15. The van der Waals surface area contributed by atoms with Crippen molar-refractivity contribution in [3.63, 3.8) is 0 Å². The van der Waals surface area contributed by atoms with E-state index >= 15 is 0 Å². The van der Waals surface area contributed by atoms with Gasteiger partial charge < -0.3 is 29.7 Å². The maximum absolute atomic E-state index is 13.8. The summed E-state index contributed by atoms with van der Waals surface area (Å²) in [5.41, 5.74) is 5.64. The molecule has 2 aromatic heterocycles. The molecule has 5 heterocycles. The topological polar surface area (TPSA) is 115 Å². The average Bonchev–Trinajstić information content (AvgIpc) is 3.47. The first-order chi connectivity index (χ1) is 22.4. The summed E-state index contributed by atoms with van der Waals surface area (Å²) in [4.78, 5) is 37.7. The molecule has 232 valence electrons. The highest BCUT2D eigenvalue weighted by Crippen LogP contribution is 2.33. The summed E-state index contributed by atoms with van der Waals surface area (Å²) < 4.78 is 18.0. The Labute approximate surface area is 266 Å². The molecule has 6 bridgehead atoms. The second-order valence-corrected chi connectivity index (χ2v) is 11.5. The Bertz CT molecular complexity index is 1950. The molecule has 3 aromatic carbocycles. The summed E-state index contributed by atoms with van der Waals surface area (Å²) in [5.74, 6) is 1.18. The van der Waals surface area contributed by atoms with Crippen molar-refractivity contribution >= 4 is 28.4 Å². The van der Waals surface area contributed by atoms with Gasteiger partial charge in [-0.25, -0.2) is 0 Å². The number of methoxy groups -OCH3 is 1. The molecule has 1 saturated heterocycles. The predicted molar refractivity (Wildman–Crippen MR) is 174 cm³/mol. The number of amides is 2. The van der Waals surface area contributed by atoms with Gasteiger partial charge in [-0.3, -0.25) is 19.6 Å². The van der Waals surface area contributed by atoms with E-state index < -0.39 is 0 Å². The number of benzene rings is 3. The Kier molecular flexibility index (Phi) is 7.84. The number of carbonyl (C=O) groups is 2. The van der Waals surface area contributed by atoms with Crippen LogP contribution in [0.15, 0.2) is 91.3 Å². The zero-order chi connectivity index (χ0) is 31.6. The van der Waals surface area contributed by atoms with Crippen molar-refractivity contribution in [2.45, 2.75) is 25.6 Å². The summed E-state index contributed by atoms with van der Waals surface area (Å²) in [7, 11) is 1.58. The number of anilines is 1. The molecule has 2 atom stereocenters. The Morgan fingerprint density at radius 1 is 0.891 bits per heavy atom. The van der Waals surface area contributed by atoms with Crippen molar-refractivity contribution in [2.24, 2.45) is 0 Å². The number of rotatable bonds is 2. The minimum absolute atomic E-state index is 0.153. The van der Waals surface area contributed by atoms with Crippen molar-refractivity contribution in [3.8, 4) is 28.4 Å². The zero-order valence-electron chi connectivity index (χ0n) is 25.5. The van der Waals surface area contributed by atoms with Gasteiger partial charge in [0.25, 0.3) is 11.8 Å². The highest BCUT2D eigenvalue weighted by molar-refractivity contribution is 5.96. The Hall–Kier alpha value is -5.64. The van der Waals surface area contributed by atoms with Gasteiger partial charge in [-0.2, -0.15) is 0 Å². The number of para-hydroxylation sites is 1. The second-order valence-electron chi connectivity index (χ2n) is 11.5. The van der Waals surface area contributed by atoms with E-state index in [-0.39, 0.29) is 37.1 Å². The monoisotopic (exact) mass is 615 g/mol. The molecule has 2 N–H and O–H groups in total. The maximum atomic E-state index is 13.8. The van der Waals surface area contributed by atoms with Crippen LogP contribution in [0.4, 0.5) is 5.69 Å². The number of carbonyl (C=O) groups excluding carboxylic acids is 2. The van der Waals surface area contributed by atoms with Crippen LogP contribution >= 0.6 is 0 Å². The first-order valence-electron chi connectivity index (χ1n) is 15.1. The fourth-order valence-electron chi connectivity index (χ4n) is 6.03. The van der Waals surface area contributed by atoms with Gasteiger partial charge in [-0.05, 0) is 55.0 Å². The molecule has 0 unspecified atom stereocenters. The molecule has 0 saturated carbocycles. The summed E-state index contributed by atoms with van der Waals surface area (Å²) in [6, 6.07) is 24.5. The van der Waals surface area contributed by atoms with Gasteiger partial charge in [0.05, 0.1) is 30.8 Å². The van der Waals surface area contributed by atoms with E-state index in [0.717, 1.165) is 39.0 Å². The molecule has 10 heteroatoms. The van der Waals surface area contributed by atoms with Crippen LogP contribution in [-0.4, -0.2) is 60.7 Å². The molecular formula is C36H33N5O5. The molecule has 0 aliphatic carbocycles. The van der Waals surface area contributed by atoms with Crippen LogP contribution in [0.2, 0.25) is 0 Å². The third-order valence-corrected chi connectivity index (χ3v) is 8.31. The highest BCUT2D eigenvalue weighted by Gasteiger charge is 2.37. The lowest BCUT2D eigenvalue weighted by Gasteiger charge is -2.22. The minimum atomic E-state index is -0.387. The second kappa shape index (κ2) is 12.4. The van der Waals surface area contributed by atoms with Crippen molar-refractivity contribution in [3.05, 3.63) is 108 Å². The molecule has 0 spiro atoms. The Balaban J connectivity index is 1.26. The normalized spacial score (nSPS) is 18.2. The van der Waals surface area contributed by atoms with E-state index in [2.05, 4.69) is 32.7 Å². The van der Waals surface area contributed by atoms with E-state index in [0.29, 0.717) is 35.9 Å². The van der Waals surface area contributed by atoms with Crippen LogP contribution < -0.4 is 29.7 Å². The smallest absolute Gasteiger partial charge is 0.258 e. The molecule has 10 nitrogen and oxygen atoms in total. The van der Waals surface area contributed by atoms with Crippen LogP contribution in [0.25, 0.3) is 22.0 Å². The average molecular weight is 616 g/mol. The number of hydrogen-bond acceptors (Lipinski definition) is 8. The lowest BCUT2D eigenvalue weighted by atomic mass is 10.1. The Morgan fingerprint density at radius 3 is 2.65 bits per heavy atom. The molecular weight excluding hydrogens is 582 g/mol. The molecule has 3 aliphatic rings. The largest absolute Gasteiger partial charge is 0.496 e. The SMILES string of the molecule is COc1cc2ccc1CNC(=O)COc1cccc(c1)-c1cncc(c1)C(=O)N[C@H]1CN(c3cc(C)nc4ccccc34)C[C@@H]1O2. The fraction of sp³-hybridized carbons (Fsp3) is 0.222. The van der Waals surface area contributed by atoms with Crippen LogP contribution in [0.5, 0.6) is 17.2 Å². The van der Waals surface area contributed by atoms with Crippen LogP contribution in [0.3, 0.4) is 0 Å². The van der Waals surface area contributed by atoms with Crippen molar-refractivity contribution in [1.29, 1.82) is 0 Å². The molecule has 46 heavy (non-hydrogen) atoms. The van der Waals surface area contributed by atoms with Gasteiger partial charge in [0.15, 0.2) is 6.61 Å². The quantitative estimate of drug-likeness (QED) is 0.294. The third-order valence-electron chi connectivity index (χ3n) is 8.31. The van der Waals surface area contributed by atoms with Crippen LogP contribution in [0.1, 0.15) is 21.6 Å². The zero-order valence-corrected chi connectivity index (χ0v) is 25.5. The van der Waals surface area contributed by atoms with Crippen LogP contribution in [-0.2, 0) is 11.3 Å². The van der Waals surface area contributed by atoms with Gasteiger partial charge in [0, 0.05) is 59.4 Å². The third kappa shape index (κ3) is 6.01. The number of nitrogens with zero attached hydrogens (tertiary/aromatic N) is 3. The molecule has 0 radical (unpaired) electrons. The Morgan fingerprint density at radius 2 is 1.76 bits per heavy atom. The molecule has 2 amide bonds. The van der Waals surface area contributed by atoms with Crippen molar-refractivity contribution < 1.29 is 23.8 Å². The number of nitrogens with one attached hydrogen (secondary N) is 2. The van der Waals surface area contributed by atoms with Crippen LogP contribution in [0, 0.1) is 6.92 Å². The number of hydrogen-bond donors (Lipinski definition) is 2. The predicted octanol–water partition coefficient (Wildman–Crippen LogP) is 4.69. The van der Waals surface area contributed by atoms with Crippen molar-refractivity contribution in [2.75, 3.05) is 31.7 Å². The first kappa shape index (κ1) is 29.1. The first-order valence-corrected chi connectivity index (χ1v) is 15.1. The number of aryl methyl sites for hydroxylation is 1. The molecule has 1 fully saturated rings. The number of fused-ring (bicyclic) bond motifs is 8. The standard InChI is InChI=1S/C36H33N5O5/c1-22-12-32(29-8-3-4-9-30(29)39-22)41-19-31-34(20-41)46-28-11-10-24(33(15-28)44-2)18-38-35(42)21-45-27-7-5-6-23(14-27)25-13-26(17-37-16-25)36(43)40-31/h3-17,31,34H,18-21H2,1-2H3,(H,38,42)(H,40,43)/t31-,34-/m0/s1. The highest BCUT2D eigenvalue weighted by atomic mass is 16.5. The van der Waals surface area contributed by atoms with Gasteiger partial charge in [-0.15, -0.1) is 0 Å². The van der Waals surface area contributed by atoms with Crippen molar-refractivity contribution in [1.82, 2.24) is 20.6 Å². The van der Waals surface area contributed by atoms with E-state index in [1.165, 1.54) is 0 Å². The van der Waals surface area contributed by atoms with E-state index in [1.54, 1.807) is 31.6 Å². The van der Waals surface area contributed by atoms with Gasteiger partial charge in [0.1, 0.15) is 23.4 Å². The number of pyridine rings is 2. The van der Waals surface area contributed by atoms with E-state index in [9.17, 15) is 9.59 Å². The molecule has 8 rings (SSSR count). The van der Waals surface area contributed by atoms with Gasteiger partial charge in [0.2, 0.25) is 0 Å². The molecule has 5 aromatic rings. The summed E-state index contributed by atoms with van der Waals surface area (Å²) >= 11 is 0. The summed E-state index contributed by atoms with van der Waals surface area (Å²) in [6.07, 6.45) is 2.87. The fourth-order valence-corrected chi connectivity index (χ4v) is 6.03.